The van der Waals surface area contributed by atoms with Crippen LogP contribution in [0.3, 0.4) is 0 Å². The number of methoxy groups -OCH3 is 1. The molecule has 124 valence electrons. The monoisotopic (exact) mass is 329 g/mol. The molecule has 0 unspecified atom stereocenters. The van der Waals surface area contributed by atoms with Gasteiger partial charge in [-0.3, -0.25) is 0 Å². The van der Waals surface area contributed by atoms with Crippen LogP contribution in [0.15, 0.2) is 67.0 Å². The summed E-state index contributed by atoms with van der Waals surface area (Å²) in [7, 11) is 1.69. The normalized spacial score (nSPS) is 10.9. The van der Waals surface area contributed by atoms with Crippen molar-refractivity contribution in [2.24, 2.45) is 0 Å². The standard InChI is InChI=1S/C21H19N3O/c1-25-18-10-6-16(7-11-18)3-2-15-4-8-17(9-5-15)20-14-23-21-19(24-20)12-13-22-21/h4-14H,2-3H2,1H3,(H,22,23). The first-order chi connectivity index (χ1) is 12.3. The van der Waals surface area contributed by atoms with E-state index in [1.165, 1.54) is 11.1 Å². The Bertz CT molecular complexity index is 972. The van der Waals surface area contributed by atoms with E-state index in [-0.39, 0.29) is 0 Å². The van der Waals surface area contributed by atoms with E-state index in [9.17, 15) is 0 Å². The van der Waals surface area contributed by atoms with Crippen LogP contribution >= 0.6 is 0 Å². The van der Waals surface area contributed by atoms with Crippen LogP contribution in [0.4, 0.5) is 0 Å². The van der Waals surface area contributed by atoms with Crippen LogP contribution in [0.25, 0.3) is 22.4 Å². The van der Waals surface area contributed by atoms with Crippen LogP contribution in [-0.2, 0) is 12.8 Å². The van der Waals surface area contributed by atoms with Gasteiger partial charge in [-0.05, 0) is 42.2 Å². The highest BCUT2D eigenvalue weighted by Gasteiger charge is 2.04. The van der Waals surface area contributed by atoms with Gasteiger partial charge in [0.1, 0.15) is 11.3 Å². The van der Waals surface area contributed by atoms with Gasteiger partial charge in [0.15, 0.2) is 5.65 Å². The Morgan fingerprint density at radius 1 is 0.880 bits per heavy atom. The molecule has 0 aliphatic rings. The zero-order chi connectivity index (χ0) is 17.1. The Labute approximate surface area is 146 Å². The summed E-state index contributed by atoms with van der Waals surface area (Å²) in [6.45, 7) is 0. The van der Waals surface area contributed by atoms with Gasteiger partial charge in [-0.2, -0.15) is 0 Å². The molecule has 0 aliphatic carbocycles. The molecular weight excluding hydrogens is 310 g/mol. The molecule has 2 aromatic heterocycles. The second-order valence-corrected chi connectivity index (χ2v) is 6.01. The number of nitrogens with one attached hydrogen (secondary N) is 1. The molecule has 1 N–H and O–H groups in total. The summed E-state index contributed by atoms with van der Waals surface area (Å²) in [6, 6.07) is 18.8. The lowest BCUT2D eigenvalue weighted by atomic mass is 10.0. The van der Waals surface area contributed by atoms with Gasteiger partial charge in [-0.15, -0.1) is 0 Å². The molecule has 0 saturated carbocycles. The summed E-state index contributed by atoms with van der Waals surface area (Å²) >= 11 is 0. The molecule has 4 aromatic rings. The van der Waals surface area contributed by atoms with Gasteiger partial charge in [-0.25, -0.2) is 9.97 Å². The number of ether oxygens (including phenoxy) is 1. The lowest BCUT2D eigenvalue weighted by Gasteiger charge is -2.06. The summed E-state index contributed by atoms with van der Waals surface area (Å²) in [6.07, 6.45) is 5.69. The fourth-order valence-corrected chi connectivity index (χ4v) is 2.89. The molecule has 0 atom stereocenters. The van der Waals surface area contributed by atoms with Crippen molar-refractivity contribution in [1.82, 2.24) is 15.0 Å². The minimum absolute atomic E-state index is 0.819. The maximum atomic E-state index is 5.20. The number of benzene rings is 2. The molecule has 4 nitrogen and oxygen atoms in total. The SMILES string of the molecule is COc1ccc(CCc2ccc(-c3cnc4[nH]ccc4n3)cc2)cc1. The Balaban J connectivity index is 1.45. The molecule has 0 bridgehead atoms. The second-order valence-electron chi connectivity index (χ2n) is 6.01. The zero-order valence-corrected chi connectivity index (χ0v) is 14.1. The van der Waals surface area contributed by atoms with Gasteiger partial charge in [0.05, 0.1) is 19.0 Å². The Kier molecular flexibility index (Phi) is 4.17. The molecule has 25 heavy (non-hydrogen) atoms. The van der Waals surface area contributed by atoms with Gasteiger partial charge in [0.2, 0.25) is 0 Å². The minimum atomic E-state index is 0.819. The molecule has 2 heterocycles. The van der Waals surface area contributed by atoms with E-state index in [4.69, 9.17) is 4.74 Å². The molecule has 2 aromatic carbocycles. The number of rotatable bonds is 5. The fraction of sp³-hybridized carbons (Fsp3) is 0.143. The van der Waals surface area contributed by atoms with E-state index >= 15 is 0 Å². The number of aromatic nitrogens is 3. The Morgan fingerprint density at radius 2 is 1.56 bits per heavy atom. The molecule has 0 spiro atoms. The number of H-pyrrole nitrogens is 1. The number of aryl methyl sites for hydroxylation is 2. The van der Waals surface area contributed by atoms with E-state index in [0.717, 1.165) is 41.0 Å². The number of hydrogen-bond donors (Lipinski definition) is 1. The predicted octanol–water partition coefficient (Wildman–Crippen LogP) is 4.42. The topological polar surface area (TPSA) is 50.8 Å². The van der Waals surface area contributed by atoms with Gasteiger partial charge < -0.3 is 9.72 Å². The second kappa shape index (κ2) is 6.77. The largest absolute Gasteiger partial charge is 0.497 e. The molecule has 4 heteroatoms. The maximum Gasteiger partial charge on any atom is 0.156 e. The number of nitrogens with zero attached hydrogens (tertiary/aromatic N) is 2. The minimum Gasteiger partial charge on any atom is -0.497 e. The van der Waals surface area contributed by atoms with Gasteiger partial charge in [-0.1, -0.05) is 36.4 Å². The highest BCUT2D eigenvalue weighted by Crippen LogP contribution is 2.20. The van der Waals surface area contributed by atoms with Crippen molar-refractivity contribution in [3.8, 4) is 17.0 Å². The van der Waals surface area contributed by atoms with Crippen molar-refractivity contribution in [2.75, 3.05) is 7.11 Å². The first-order valence-electron chi connectivity index (χ1n) is 8.34. The van der Waals surface area contributed by atoms with Crippen molar-refractivity contribution < 1.29 is 4.74 Å². The van der Waals surface area contributed by atoms with Gasteiger partial charge in [0, 0.05) is 11.8 Å². The van der Waals surface area contributed by atoms with Crippen molar-refractivity contribution >= 4 is 11.2 Å². The average molecular weight is 329 g/mol. The number of fused-ring (bicyclic) bond motifs is 1. The average Bonchev–Trinajstić information content (AvgIpc) is 3.15. The van der Waals surface area contributed by atoms with Crippen LogP contribution in [0.2, 0.25) is 0 Å². The summed E-state index contributed by atoms with van der Waals surface area (Å²) in [5.74, 6) is 0.897. The Morgan fingerprint density at radius 3 is 2.24 bits per heavy atom. The van der Waals surface area contributed by atoms with E-state index in [2.05, 4.69) is 51.4 Å². The first-order valence-corrected chi connectivity index (χ1v) is 8.34. The number of aromatic amines is 1. The molecule has 0 saturated heterocycles. The van der Waals surface area contributed by atoms with Crippen molar-refractivity contribution in [3.63, 3.8) is 0 Å². The van der Waals surface area contributed by atoms with E-state index in [1.807, 2.05) is 30.6 Å². The van der Waals surface area contributed by atoms with Gasteiger partial charge in [0.25, 0.3) is 0 Å². The maximum absolute atomic E-state index is 5.20. The highest BCUT2D eigenvalue weighted by atomic mass is 16.5. The zero-order valence-electron chi connectivity index (χ0n) is 14.1. The quantitative estimate of drug-likeness (QED) is 0.590. The van der Waals surface area contributed by atoms with Crippen LogP contribution in [-0.4, -0.2) is 22.1 Å². The summed E-state index contributed by atoms with van der Waals surface area (Å²) < 4.78 is 5.20. The highest BCUT2D eigenvalue weighted by molar-refractivity contribution is 5.74. The van der Waals surface area contributed by atoms with Crippen molar-refractivity contribution in [2.45, 2.75) is 12.8 Å². The molecule has 0 amide bonds. The van der Waals surface area contributed by atoms with Crippen LogP contribution in [0.5, 0.6) is 5.75 Å². The third-order valence-electron chi connectivity index (χ3n) is 4.37. The summed E-state index contributed by atoms with van der Waals surface area (Å²) in [5, 5.41) is 0. The van der Waals surface area contributed by atoms with Crippen molar-refractivity contribution in [3.05, 3.63) is 78.1 Å². The molecular formula is C21H19N3O. The third kappa shape index (κ3) is 3.38. The van der Waals surface area contributed by atoms with Gasteiger partial charge >= 0.3 is 0 Å². The lowest BCUT2D eigenvalue weighted by molar-refractivity contribution is 0.414. The fourth-order valence-electron chi connectivity index (χ4n) is 2.89. The summed E-state index contributed by atoms with van der Waals surface area (Å²) in [4.78, 5) is 12.1. The number of hydrogen-bond acceptors (Lipinski definition) is 3. The molecule has 0 aliphatic heterocycles. The smallest absolute Gasteiger partial charge is 0.156 e. The predicted molar refractivity (Wildman–Crippen MR) is 99.7 cm³/mol. The van der Waals surface area contributed by atoms with Crippen LogP contribution in [0, 0.1) is 0 Å². The van der Waals surface area contributed by atoms with Crippen LogP contribution in [0.1, 0.15) is 11.1 Å². The third-order valence-corrected chi connectivity index (χ3v) is 4.37. The van der Waals surface area contributed by atoms with E-state index in [1.54, 1.807) is 7.11 Å². The first kappa shape index (κ1) is 15.4. The molecule has 0 fully saturated rings. The Hall–Kier alpha value is -3.14. The molecule has 0 radical (unpaired) electrons. The van der Waals surface area contributed by atoms with Crippen molar-refractivity contribution in [1.29, 1.82) is 0 Å². The summed E-state index contributed by atoms with van der Waals surface area (Å²) in [5.41, 5.74) is 6.32. The molecule has 4 rings (SSSR count). The van der Waals surface area contributed by atoms with Crippen LogP contribution < -0.4 is 4.74 Å². The lowest BCUT2D eigenvalue weighted by Crippen LogP contribution is -1.92. The van der Waals surface area contributed by atoms with E-state index in [0.29, 0.717) is 0 Å². The van der Waals surface area contributed by atoms with E-state index < -0.39 is 0 Å².